The molecule has 0 amide bonds. The lowest BCUT2D eigenvalue weighted by Crippen LogP contribution is -2.19. The third kappa shape index (κ3) is 1.23. The SMILES string of the molecule is C=CN1CC(C)(C)C=C1C. The average molecular weight is 137 g/mol. The number of hydrogen-bond donors (Lipinski definition) is 0. The Morgan fingerprint density at radius 3 is 2.50 bits per heavy atom. The zero-order chi connectivity index (χ0) is 7.78. The molecule has 0 aromatic rings. The van der Waals surface area contributed by atoms with Crippen LogP contribution in [0.2, 0.25) is 0 Å². The fourth-order valence-corrected chi connectivity index (χ4v) is 1.47. The summed E-state index contributed by atoms with van der Waals surface area (Å²) in [5.74, 6) is 0. The minimum absolute atomic E-state index is 0.332. The van der Waals surface area contributed by atoms with Crippen LogP contribution >= 0.6 is 0 Å². The molecule has 10 heavy (non-hydrogen) atoms. The topological polar surface area (TPSA) is 3.24 Å². The van der Waals surface area contributed by atoms with Gasteiger partial charge in [-0.3, -0.25) is 0 Å². The molecule has 0 spiro atoms. The monoisotopic (exact) mass is 137 g/mol. The summed E-state index contributed by atoms with van der Waals surface area (Å²) in [6.07, 6.45) is 4.18. The summed E-state index contributed by atoms with van der Waals surface area (Å²) in [5.41, 5.74) is 1.65. The first kappa shape index (κ1) is 7.39. The van der Waals surface area contributed by atoms with Crippen molar-refractivity contribution < 1.29 is 0 Å². The quantitative estimate of drug-likeness (QED) is 0.536. The molecular formula is C9H15N. The molecule has 1 heterocycles. The van der Waals surface area contributed by atoms with E-state index in [1.807, 2.05) is 6.20 Å². The van der Waals surface area contributed by atoms with Crippen LogP contribution in [0.5, 0.6) is 0 Å². The highest BCUT2D eigenvalue weighted by Crippen LogP contribution is 2.29. The van der Waals surface area contributed by atoms with Crippen LogP contribution in [0.1, 0.15) is 20.8 Å². The Morgan fingerprint density at radius 1 is 1.70 bits per heavy atom. The van der Waals surface area contributed by atoms with Crippen LogP contribution in [0.3, 0.4) is 0 Å². The van der Waals surface area contributed by atoms with Gasteiger partial charge in [-0.05, 0) is 13.1 Å². The summed E-state index contributed by atoms with van der Waals surface area (Å²) < 4.78 is 0. The summed E-state index contributed by atoms with van der Waals surface area (Å²) in [4.78, 5) is 2.18. The first-order valence-corrected chi connectivity index (χ1v) is 3.64. The third-order valence-corrected chi connectivity index (χ3v) is 1.85. The summed E-state index contributed by atoms with van der Waals surface area (Å²) in [6.45, 7) is 11.4. The van der Waals surface area contributed by atoms with E-state index in [2.05, 4.69) is 38.3 Å². The van der Waals surface area contributed by atoms with Gasteiger partial charge in [0.05, 0.1) is 0 Å². The molecule has 0 unspecified atom stereocenters. The predicted molar refractivity (Wildman–Crippen MR) is 44.4 cm³/mol. The Labute approximate surface area is 63.0 Å². The van der Waals surface area contributed by atoms with Gasteiger partial charge >= 0.3 is 0 Å². The highest BCUT2D eigenvalue weighted by atomic mass is 15.1. The first-order valence-electron chi connectivity index (χ1n) is 3.64. The van der Waals surface area contributed by atoms with Gasteiger partial charge in [0.25, 0.3) is 0 Å². The lowest BCUT2D eigenvalue weighted by Gasteiger charge is -2.19. The molecule has 0 aromatic heterocycles. The van der Waals surface area contributed by atoms with E-state index >= 15 is 0 Å². The Morgan fingerprint density at radius 2 is 2.30 bits per heavy atom. The third-order valence-electron chi connectivity index (χ3n) is 1.85. The molecule has 0 atom stereocenters. The molecule has 1 aliphatic heterocycles. The van der Waals surface area contributed by atoms with Crippen LogP contribution in [0.25, 0.3) is 0 Å². The van der Waals surface area contributed by atoms with Crippen LogP contribution in [-0.2, 0) is 0 Å². The molecule has 1 rings (SSSR count). The average Bonchev–Trinajstić information content (AvgIpc) is 2.05. The van der Waals surface area contributed by atoms with Crippen LogP contribution in [-0.4, -0.2) is 11.4 Å². The highest BCUT2D eigenvalue weighted by Gasteiger charge is 2.24. The van der Waals surface area contributed by atoms with E-state index in [4.69, 9.17) is 0 Å². The Balaban J connectivity index is 2.77. The lowest BCUT2D eigenvalue weighted by molar-refractivity contribution is 0.377. The molecule has 1 heteroatoms. The zero-order valence-corrected chi connectivity index (χ0v) is 7.02. The Kier molecular flexibility index (Phi) is 1.59. The van der Waals surface area contributed by atoms with Crippen molar-refractivity contribution in [2.24, 2.45) is 5.41 Å². The molecule has 0 aliphatic carbocycles. The van der Waals surface area contributed by atoms with Gasteiger partial charge in [-0.2, -0.15) is 0 Å². The van der Waals surface area contributed by atoms with Crippen LogP contribution in [0.15, 0.2) is 24.6 Å². The van der Waals surface area contributed by atoms with Gasteiger partial charge in [-0.25, -0.2) is 0 Å². The van der Waals surface area contributed by atoms with Crippen LogP contribution in [0.4, 0.5) is 0 Å². The molecule has 0 fully saturated rings. The summed E-state index contributed by atoms with van der Waals surface area (Å²) in [5, 5.41) is 0. The largest absolute Gasteiger partial charge is 0.352 e. The molecule has 1 nitrogen and oxygen atoms in total. The van der Waals surface area contributed by atoms with Crippen molar-refractivity contribution in [1.29, 1.82) is 0 Å². The second kappa shape index (κ2) is 2.15. The molecule has 56 valence electrons. The molecular weight excluding hydrogens is 122 g/mol. The van der Waals surface area contributed by atoms with Crippen molar-refractivity contribution in [3.63, 3.8) is 0 Å². The second-order valence-corrected chi connectivity index (χ2v) is 3.58. The summed E-state index contributed by atoms with van der Waals surface area (Å²) >= 11 is 0. The van der Waals surface area contributed by atoms with Crippen LogP contribution in [0, 0.1) is 5.41 Å². The number of hydrogen-bond acceptors (Lipinski definition) is 1. The minimum atomic E-state index is 0.332. The van der Waals surface area contributed by atoms with Gasteiger partial charge in [-0.15, -0.1) is 0 Å². The van der Waals surface area contributed by atoms with E-state index < -0.39 is 0 Å². The maximum absolute atomic E-state index is 3.74. The number of allylic oxidation sites excluding steroid dienone is 1. The predicted octanol–water partition coefficient (Wildman–Crippen LogP) is 2.38. The molecule has 0 bridgehead atoms. The maximum Gasteiger partial charge on any atom is 0.0308 e. The Hall–Kier alpha value is -0.720. The van der Waals surface area contributed by atoms with Gasteiger partial charge in [-0.1, -0.05) is 26.5 Å². The molecule has 0 radical (unpaired) electrons. The van der Waals surface area contributed by atoms with Crippen molar-refractivity contribution in [3.8, 4) is 0 Å². The van der Waals surface area contributed by atoms with Gasteiger partial charge in [0.1, 0.15) is 0 Å². The van der Waals surface area contributed by atoms with Crippen molar-refractivity contribution in [2.75, 3.05) is 6.54 Å². The van der Waals surface area contributed by atoms with E-state index in [-0.39, 0.29) is 0 Å². The number of nitrogens with zero attached hydrogens (tertiary/aromatic N) is 1. The normalized spacial score (nSPS) is 22.7. The Bertz CT molecular complexity index is 177. The molecule has 0 aromatic carbocycles. The van der Waals surface area contributed by atoms with Gasteiger partial charge in [0, 0.05) is 17.7 Å². The smallest absolute Gasteiger partial charge is 0.0308 e. The molecule has 0 saturated heterocycles. The lowest BCUT2D eigenvalue weighted by atomic mass is 9.96. The van der Waals surface area contributed by atoms with Gasteiger partial charge in [0.15, 0.2) is 0 Å². The van der Waals surface area contributed by atoms with E-state index in [0.717, 1.165) is 6.54 Å². The van der Waals surface area contributed by atoms with Gasteiger partial charge in [0.2, 0.25) is 0 Å². The van der Waals surface area contributed by atoms with E-state index in [1.165, 1.54) is 5.70 Å². The fraction of sp³-hybridized carbons (Fsp3) is 0.556. The number of rotatable bonds is 1. The summed E-state index contributed by atoms with van der Waals surface area (Å²) in [6, 6.07) is 0. The van der Waals surface area contributed by atoms with Crippen molar-refractivity contribution in [2.45, 2.75) is 20.8 Å². The van der Waals surface area contributed by atoms with Crippen molar-refractivity contribution in [3.05, 3.63) is 24.6 Å². The van der Waals surface area contributed by atoms with Crippen molar-refractivity contribution >= 4 is 0 Å². The fourth-order valence-electron chi connectivity index (χ4n) is 1.47. The summed E-state index contributed by atoms with van der Waals surface area (Å²) in [7, 11) is 0. The first-order chi connectivity index (χ1) is 4.55. The zero-order valence-electron chi connectivity index (χ0n) is 7.02. The standard InChI is InChI=1S/C9H15N/c1-5-10-7-9(3,4)6-8(10)2/h5-6H,1,7H2,2-4H3. The van der Waals surface area contributed by atoms with E-state index in [9.17, 15) is 0 Å². The second-order valence-electron chi connectivity index (χ2n) is 3.58. The van der Waals surface area contributed by atoms with Crippen LogP contribution < -0.4 is 0 Å². The van der Waals surface area contributed by atoms with Crippen molar-refractivity contribution in [1.82, 2.24) is 4.90 Å². The van der Waals surface area contributed by atoms with Gasteiger partial charge < -0.3 is 4.90 Å². The highest BCUT2D eigenvalue weighted by molar-refractivity contribution is 5.15. The minimum Gasteiger partial charge on any atom is -0.352 e. The molecule has 0 saturated carbocycles. The molecule has 0 N–H and O–H groups in total. The maximum atomic E-state index is 3.74. The molecule has 1 aliphatic rings. The van der Waals surface area contributed by atoms with E-state index in [0.29, 0.717) is 5.41 Å². The van der Waals surface area contributed by atoms with E-state index in [1.54, 1.807) is 0 Å².